The summed E-state index contributed by atoms with van der Waals surface area (Å²) < 4.78 is 98.7. The van der Waals surface area contributed by atoms with Gasteiger partial charge in [0.2, 0.25) is 5.82 Å². The largest absolute Gasteiger partial charge is 0.462 e. The molecule has 0 heterocycles. The monoisotopic (exact) mass is 352 g/mol. The predicted molar refractivity (Wildman–Crippen MR) is 67.5 cm³/mol. The van der Waals surface area contributed by atoms with Gasteiger partial charge in [0, 0.05) is 5.56 Å². The normalized spacial score (nSPS) is 10.8. The zero-order valence-corrected chi connectivity index (χ0v) is 11.8. The summed E-state index contributed by atoms with van der Waals surface area (Å²) in [6, 6.07) is 0.403. The van der Waals surface area contributed by atoms with Crippen molar-refractivity contribution in [2.45, 2.75) is 6.92 Å². The van der Waals surface area contributed by atoms with Gasteiger partial charge in [0.15, 0.2) is 34.9 Å². The summed E-state index contributed by atoms with van der Waals surface area (Å²) >= 11 is 0. The molecule has 0 aromatic heterocycles. The van der Waals surface area contributed by atoms with Crippen molar-refractivity contribution in [1.29, 1.82) is 0 Å². The molecule has 0 saturated carbocycles. The van der Waals surface area contributed by atoms with E-state index in [0.717, 1.165) is 0 Å². The van der Waals surface area contributed by atoms with Crippen LogP contribution in [0.15, 0.2) is 12.1 Å². The lowest BCUT2D eigenvalue weighted by Gasteiger charge is -2.13. The van der Waals surface area contributed by atoms with E-state index in [0.29, 0.717) is 0 Å². The van der Waals surface area contributed by atoms with Crippen molar-refractivity contribution < 1.29 is 40.3 Å². The minimum atomic E-state index is -2.42. The first-order valence-electron chi connectivity index (χ1n) is 6.38. The van der Waals surface area contributed by atoms with Gasteiger partial charge in [-0.15, -0.1) is 0 Å². The molecule has 0 fully saturated rings. The first-order chi connectivity index (χ1) is 11.2. The van der Waals surface area contributed by atoms with Crippen LogP contribution in [0.4, 0.5) is 30.7 Å². The number of benzene rings is 2. The first-order valence-corrected chi connectivity index (χ1v) is 6.38. The number of carbonyl (C=O) groups excluding carboxylic acids is 1. The summed E-state index contributed by atoms with van der Waals surface area (Å²) in [4.78, 5) is 11.7. The van der Waals surface area contributed by atoms with Crippen LogP contribution in [0.3, 0.4) is 0 Å². The van der Waals surface area contributed by atoms with E-state index in [1.54, 1.807) is 0 Å². The van der Waals surface area contributed by atoms with Gasteiger partial charge < -0.3 is 4.74 Å². The van der Waals surface area contributed by atoms with Crippen LogP contribution in [-0.2, 0) is 4.74 Å². The van der Waals surface area contributed by atoms with Gasteiger partial charge in [-0.25, -0.2) is 35.5 Å². The van der Waals surface area contributed by atoms with E-state index in [9.17, 15) is 35.5 Å². The number of rotatable bonds is 3. The minimum absolute atomic E-state index is 0.153. The highest BCUT2D eigenvalue weighted by atomic mass is 19.2. The third-order valence-electron chi connectivity index (χ3n) is 3.03. The molecule has 0 aliphatic heterocycles. The smallest absolute Gasteiger partial charge is 0.338 e. The summed E-state index contributed by atoms with van der Waals surface area (Å²) in [5.74, 6) is -16.1. The number of esters is 1. The van der Waals surface area contributed by atoms with E-state index in [1.807, 2.05) is 0 Å². The van der Waals surface area contributed by atoms with Gasteiger partial charge in [0.05, 0.1) is 17.7 Å². The summed E-state index contributed by atoms with van der Waals surface area (Å²) in [5.41, 5.74) is -3.48. The summed E-state index contributed by atoms with van der Waals surface area (Å²) in [7, 11) is 0. The summed E-state index contributed by atoms with van der Waals surface area (Å²) in [5, 5.41) is 0. The van der Waals surface area contributed by atoms with Crippen LogP contribution in [0, 0.1) is 40.7 Å². The highest BCUT2D eigenvalue weighted by Gasteiger charge is 2.30. The van der Waals surface area contributed by atoms with E-state index in [1.165, 1.54) is 6.92 Å². The second-order valence-corrected chi connectivity index (χ2v) is 4.48. The Kier molecular flexibility index (Phi) is 4.81. The zero-order valence-electron chi connectivity index (χ0n) is 11.8. The Labute approximate surface area is 130 Å². The standard InChI is InChI=1S/C15H7F7O2/c1-2-24-15(23)6-4-8(17)7(16)3-5(6)9-10(18)12(20)14(22)13(21)11(9)19/h3-4H,2H2,1H3. The maximum atomic E-state index is 13.9. The molecule has 2 rings (SSSR count). The van der Waals surface area contributed by atoms with Crippen molar-refractivity contribution in [1.82, 2.24) is 0 Å². The van der Waals surface area contributed by atoms with E-state index in [-0.39, 0.29) is 18.7 Å². The predicted octanol–water partition coefficient (Wildman–Crippen LogP) is 4.50. The van der Waals surface area contributed by atoms with Crippen LogP contribution in [0.2, 0.25) is 0 Å². The SMILES string of the molecule is CCOC(=O)c1cc(F)c(F)cc1-c1c(F)c(F)c(F)c(F)c1F. The quantitative estimate of drug-likeness (QED) is 0.352. The number of hydrogen-bond acceptors (Lipinski definition) is 2. The van der Waals surface area contributed by atoms with Crippen molar-refractivity contribution in [3.63, 3.8) is 0 Å². The molecule has 0 N–H and O–H groups in total. The molecule has 24 heavy (non-hydrogen) atoms. The van der Waals surface area contributed by atoms with Gasteiger partial charge in [-0.05, 0) is 19.1 Å². The fourth-order valence-electron chi connectivity index (χ4n) is 1.97. The Bertz CT molecular complexity index is 804. The molecule has 0 unspecified atom stereocenters. The molecule has 0 amide bonds. The van der Waals surface area contributed by atoms with Gasteiger partial charge >= 0.3 is 5.97 Å². The Balaban J connectivity index is 2.87. The molecule has 0 saturated heterocycles. The van der Waals surface area contributed by atoms with Crippen LogP contribution in [0.5, 0.6) is 0 Å². The first kappa shape index (κ1) is 17.8. The molecule has 0 atom stereocenters. The van der Waals surface area contributed by atoms with Crippen molar-refractivity contribution in [3.05, 3.63) is 58.4 Å². The van der Waals surface area contributed by atoms with E-state index in [4.69, 9.17) is 0 Å². The van der Waals surface area contributed by atoms with Gasteiger partial charge in [0.1, 0.15) is 0 Å². The van der Waals surface area contributed by atoms with Gasteiger partial charge in [0.25, 0.3) is 0 Å². The highest BCUT2D eigenvalue weighted by molar-refractivity contribution is 5.97. The molecular weight excluding hydrogens is 345 g/mol. The number of halogens is 7. The number of hydrogen-bond donors (Lipinski definition) is 0. The summed E-state index contributed by atoms with van der Waals surface area (Å²) in [6.45, 7) is 1.13. The second kappa shape index (κ2) is 6.50. The zero-order chi connectivity index (χ0) is 18.2. The number of ether oxygens (including phenoxy) is 1. The fraction of sp³-hybridized carbons (Fsp3) is 0.133. The molecule has 2 aromatic carbocycles. The molecule has 0 radical (unpaired) electrons. The van der Waals surface area contributed by atoms with Gasteiger partial charge in [-0.3, -0.25) is 0 Å². The van der Waals surface area contributed by atoms with E-state index in [2.05, 4.69) is 4.74 Å². The molecule has 0 bridgehead atoms. The molecule has 9 heteroatoms. The molecule has 0 aliphatic carbocycles. The molecule has 128 valence electrons. The van der Waals surface area contributed by atoms with Crippen LogP contribution in [0.1, 0.15) is 17.3 Å². The van der Waals surface area contributed by atoms with Crippen molar-refractivity contribution >= 4 is 5.97 Å². The highest BCUT2D eigenvalue weighted by Crippen LogP contribution is 2.35. The average Bonchev–Trinajstić information content (AvgIpc) is 2.54. The van der Waals surface area contributed by atoms with Gasteiger partial charge in [-0.2, -0.15) is 0 Å². The average molecular weight is 352 g/mol. The molecule has 2 nitrogen and oxygen atoms in total. The Morgan fingerprint density at radius 3 is 1.79 bits per heavy atom. The van der Waals surface area contributed by atoms with E-state index >= 15 is 0 Å². The fourth-order valence-corrected chi connectivity index (χ4v) is 1.97. The third-order valence-corrected chi connectivity index (χ3v) is 3.03. The lowest BCUT2D eigenvalue weighted by molar-refractivity contribution is 0.0526. The van der Waals surface area contributed by atoms with Crippen molar-refractivity contribution in [2.75, 3.05) is 6.61 Å². The van der Waals surface area contributed by atoms with Crippen LogP contribution in [-0.4, -0.2) is 12.6 Å². The lowest BCUT2D eigenvalue weighted by Crippen LogP contribution is -2.11. The Hall–Kier alpha value is -2.58. The lowest BCUT2D eigenvalue weighted by atomic mass is 9.97. The van der Waals surface area contributed by atoms with Gasteiger partial charge in [-0.1, -0.05) is 0 Å². The van der Waals surface area contributed by atoms with Crippen LogP contribution >= 0.6 is 0 Å². The third kappa shape index (κ3) is 2.81. The summed E-state index contributed by atoms with van der Waals surface area (Å²) in [6.07, 6.45) is 0. The van der Waals surface area contributed by atoms with Crippen molar-refractivity contribution in [2.24, 2.45) is 0 Å². The Morgan fingerprint density at radius 1 is 0.833 bits per heavy atom. The molecule has 0 aliphatic rings. The molecule has 2 aromatic rings. The molecule has 0 spiro atoms. The maximum absolute atomic E-state index is 13.9. The molecular formula is C15H7F7O2. The van der Waals surface area contributed by atoms with Crippen LogP contribution in [0.25, 0.3) is 11.1 Å². The Morgan fingerprint density at radius 2 is 1.29 bits per heavy atom. The number of carbonyl (C=O) groups is 1. The minimum Gasteiger partial charge on any atom is -0.462 e. The van der Waals surface area contributed by atoms with Crippen molar-refractivity contribution in [3.8, 4) is 11.1 Å². The topological polar surface area (TPSA) is 26.3 Å². The van der Waals surface area contributed by atoms with E-state index < -0.39 is 63.4 Å². The maximum Gasteiger partial charge on any atom is 0.338 e. The van der Waals surface area contributed by atoms with Crippen LogP contribution < -0.4 is 0 Å². The second-order valence-electron chi connectivity index (χ2n) is 4.48.